The number of hydrogen-bond donors (Lipinski definition) is 1. The number of likely N-dealkylation sites (tertiary alicyclic amines) is 1. The number of amides is 1. The highest BCUT2D eigenvalue weighted by Gasteiger charge is 2.31. The quantitative estimate of drug-likeness (QED) is 0.769. The van der Waals surface area contributed by atoms with E-state index in [1.807, 2.05) is 0 Å². The van der Waals surface area contributed by atoms with Gasteiger partial charge in [0.25, 0.3) is 0 Å². The van der Waals surface area contributed by atoms with Crippen LogP contribution in [0.5, 0.6) is 0 Å². The minimum absolute atomic E-state index is 0.0489. The van der Waals surface area contributed by atoms with Crippen LogP contribution in [0.1, 0.15) is 43.7 Å². The Morgan fingerprint density at radius 3 is 2.41 bits per heavy atom. The van der Waals surface area contributed by atoms with Crippen molar-refractivity contribution in [3.8, 4) is 0 Å². The molecule has 27 heavy (non-hydrogen) atoms. The van der Waals surface area contributed by atoms with Gasteiger partial charge in [-0.3, -0.25) is 9.69 Å². The fourth-order valence-corrected chi connectivity index (χ4v) is 5.07. The third-order valence-corrected chi connectivity index (χ3v) is 7.46. The summed E-state index contributed by atoms with van der Waals surface area (Å²) in [6, 6.07) is 8.41. The molecule has 0 unspecified atom stereocenters. The Morgan fingerprint density at radius 2 is 1.74 bits per heavy atom. The van der Waals surface area contributed by atoms with Gasteiger partial charge in [-0.1, -0.05) is 24.3 Å². The van der Waals surface area contributed by atoms with Gasteiger partial charge in [0.2, 0.25) is 15.9 Å². The van der Waals surface area contributed by atoms with Crippen LogP contribution in [0.2, 0.25) is 0 Å². The summed E-state index contributed by atoms with van der Waals surface area (Å²) in [5, 5.41) is 2.98. The molecule has 3 rings (SSSR count). The normalized spacial score (nSPS) is 22.0. The van der Waals surface area contributed by atoms with Crippen LogP contribution in [0.25, 0.3) is 0 Å². The van der Waals surface area contributed by atoms with Gasteiger partial charge in [-0.2, -0.15) is 0 Å². The number of benzene rings is 1. The molecule has 2 saturated heterocycles. The number of nitrogens with zero attached hydrogens (tertiary/aromatic N) is 2. The molecule has 1 atom stereocenters. The molecule has 1 aromatic rings. The van der Waals surface area contributed by atoms with Crippen molar-refractivity contribution in [3.05, 3.63) is 35.4 Å². The maximum Gasteiger partial charge on any atom is 0.224 e. The Balaban J connectivity index is 1.48. The molecular weight excluding hydrogens is 362 g/mol. The lowest BCUT2D eigenvalue weighted by Gasteiger charge is -2.30. The molecule has 0 radical (unpaired) electrons. The van der Waals surface area contributed by atoms with Gasteiger partial charge < -0.3 is 5.32 Å². The summed E-state index contributed by atoms with van der Waals surface area (Å²) in [6.45, 7) is 6.33. The number of hydrogen-bond acceptors (Lipinski definition) is 4. The lowest BCUT2D eigenvalue weighted by atomic mass is 9.98. The van der Waals surface area contributed by atoms with Crippen molar-refractivity contribution in [3.63, 3.8) is 0 Å². The Bertz CT molecular complexity index is 727. The molecule has 1 aromatic carbocycles. The number of piperidine rings is 1. The van der Waals surface area contributed by atoms with E-state index in [0.29, 0.717) is 19.6 Å². The summed E-state index contributed by atoms with van der Waals surface area (Å²) >= 11 is 0. The summed E-state index contributed by atoms with van der Waals surface area (Å²) in [5.74, 6) is -0.216. The molecule has 6 nitrogen and oxygen atoms in total. The molecule has 2 aliphatic heterocycles. The third kappa shape index (κ3) is 5.53. The first-order chi connectivity index (χ1) is 13.0. The van der Waals surface area contributed by atoms with Crippen LogP contribution in [-0.4, -0.2) is 55.5 Å². The molecule has 2 aliphatic rings. The summed E-state index contributed by atoms with van der Waals surface area (Å²) in [4.78, 5) is 15.0. The predicted octanol–water partition coefficient (Wildman–Crippen LogP) is 1.96. The van der Waals surface area contributed by atoms with E-state index >= 15 is 0 Å². The molecule has 2 heterocycles. The topological polar surface area (TPSA) is 69.7 Å². The van der Waals surface area contributed by atoms with Crippen LogP contribution in [0.3, 0.4) is 0 Å². The van der Waals surface area contributed by atoms with Crippen molar-refractivity contribution in [2.75, 3.05) is 31.9 Å². The molecule has 0 saturated carbocycles. The van der Waals surface area contributed by atoms with Crippen LogP contribution in [0.15, 0.2) is 24.3 Å². The summed E-state index contributed by atoms with van der Waals surface area (Å²) in [6.07, 6.45) is 4.07. The second-order valence-corrected chi connectivity index (χ2v) is 9.87. The van der Waals surface area contributed by atoms with E-state index in [4.69, 9.17) is 0 Å². The van der Waals surface area contributed by atoms with Crippen molar-refractivity contribution in [2.45, 2.75) is 45.7 Å². The lowest BCUT2D eigenvalue weighted by Crippen LogP contribution is -2.45. The van der Waals surface area contributed by atoms with Crippen molar-refractivity contribution in [2.24, 2.45) is 5.92 Å². The van der Waals surface area contributed by atoms with E-state index in [0.717, 1.165) is 24.9 Å². The number of carbonyl (C=O) groups is 1. The van der Waals surface area contributed by atoms with Gasteiger partial charge in [0.05, 0.1) is 11.7 Å². The highest BCUT2D eigenvalue weighted by molar-refractivity contribution is 7.89. The molecule has 0 aromatic heterocycles. The minimum atomic E-state index is -3.22. The Kier molecular flexibility index (Phi) is 6.89. The number of carbonyl (C=O) groups excluding carboxylic acids is 1. The first-order valence-corrected chi connectivity index (χ1v) is 11.6. The second-order valence-electron chi connectivity index (χ2n) is 7.62. The van der Waals surface area contributed by atoms with Crippen molar-refractivity contribution in [1.82, 2.24) is 14.5 Å². The maximum atomic E-state index is 12.5. The van der Waals surface area contributed by atoms with Gasteiger partial charge in [0.15, 0.2) is 0 Å². The summed E-state index contributed by atoms with van der Waals surface area (Å²) in [5.41, 5.74) is 2.38. The third-order valence-electron chi connectivity index (χ3n) is 5.61. The average Bonchev–Trinajstić information content (AvgIpc) is 3.20. The van der Waals surface area contributed by atoms with Gasteiger partial charge >= 0.3 is 0 Å². The largest absolute Gasteiger partial charge is 0.352 e. The lowest BCUT2D eigenvalue weighted by molar-refractivity contribution is -0.126. The zero-order valence-corrected chi connectivity index (χ0v) is 17.0. The van der Waals surface area contributed by atoms with Crippen LogP contribution >= 0.6 is 0 Å². The average molecular weight is 394 g/mol. The molecular formula is C20H31N3O3S. The summed E-state index contributed by atoms with van der Waals surface area (Å²) < 4.78 is 25.6. The Morgan fingerprint density at radius 1 is 1.07 bits per heavy atom. The highest BCUT2D eigenvalue weighted by Crippen LogP contribution is 2.20. The van der Waals surface area contributed by atoms with Crippen molar-refractivity contribution < 1.29 is 13.2 Å². The highest BCUT2D eigenvalue weighted by atomic mass is 32.2. The maximum absolute atomic E-state index is 12.5. The second kappa shape index (κ2) is 9.17. The number of sulfonamides is 1. The molecule has 0 spiro atoms. The van der Waals surface area contributed by atoms with E-state index in [2.05, 4.69) is 34.5 Å². The molecule has 1 amide bonds. The van der Waals surface area contributed by atoms with Crippen molar-refractivity contribution in [1.29, 1.82) is 0 Å². The van der Waals surface area contributed by atoms with E-state index in [1.54, 1.807) is 6.92 Å². The summed E-state index contributed by atoms with van der Waals surface area (Å²) in [7, 11) is -3.22. The molecule has 150 valence electrons. The zero-order chi connectivity index (χ0) is 19.3. The van der Waals surface area contributed by atoms with E-state index in [-0.39, 0.29) is 17.6 Å². The molecule has 0 aliphatic carbocycles. The predicted molar refractivity (Wildman–Crippen MR) is 107 cm³/mol. The number of nitrogens with one attached hydrogen (secondary N) is 1. The fraction of sp³-hybridized carbons (Fsp3) is 0.650. The van der Waals surface area contributed by atoms with Crippen LogP contribution in [-0.2, 0) is 27.9 Å². The van der Waals surface area contributed by atoms with Gasteiger partial charge in [-0.25, -0.2) is 12.7 Å². The van der Waals surface area contributed by atoms with Crippen LogP contribution < -0.4 is 5.32 Å². The van der Waals surface area contributed by atoms with Gasteiger partial charge in [-0.15, -0.1) is 0 Å². The van der Waals surface area contributed by atoms with E-state index in [1.165, 1.54) is 35.8 Å². The molecule has 7 heteroatoms. The van der Waals surface area contributed by atoms with Crippen LogP contribution in [0.4, 0.5) is 0 Å². The first kappa shape index (κ1) is 20.3. The van der Waals surface area contributed by atoms with Crippen molar-refractivity contribution >= 4 is 15.9 Å². The SMILES string of the molecule is CCS(=O)(=O)N1CCC[C@@H](C(=O)NCc2ccc(CN3CCCC3)cc2)C1. The molecule has 0 bridgehead atoms. The molecule has 2 fully saturated rings. The van der Waals surface area contributed by atoms with E-state index in [9.17, 15) is 13.2 Å². The van der Waals surface area contributed by atoms with Gasteiger partial charge in [0, 0.05) is 26.2 Å². The minimum Gasteiger partial charge on any atom is -0.352 e. The van der Waals surface area contributed by atoms with Gasteiger partial charge in [0.1, 0.15) is 0 Å². The fourth-order valence-electron chi connectivity index (χ4n) is 3.89. The molecule has 1 N–H and O–H groups in total. The van der Waals surface area contributed by atoms with E-state index < -0.39 is 10.0 Å². The van der Waals surface area contributed by atoms with Gasteiger partial charge in [-0.05, 0) is 56.8 Å². The number of rotatable bonds is 7. The standard InChI is InChI=1S/C20H31N3O3S/c1-2-27(25,26)23-13-5-6-19(16-23)20(24)21-14-17-7-9-18(10-8-17)15-22-11-3-4-12-22/h7-10,19H,2-6,11-16H2,1H3,(H,21,24)/t19-/m1/s1. The zero-order valence-electron chi connectivity index (χ0n) is 16.2. The smallest absolute Gasteiger partial charge is 0.224 e. The monoisotopic (exact) mass is 393 g/mol. The Hall–Kier alpha value is -1.44. The Labute approximate surface area is 163 Å². The van der Waals surface area contributed by atoms with Crippen LogP contribution in [0, 0.1) is 5.92 Å². The first-order valence-electron chi connectivity index (χ1n) is 10.0.